The fourth-order valence-electron chi connectivity index (χ4n) is 2.32. The molecule has 2 aromatic carbocycles. The predicted octanol–water partition coefficient (Wildman–Crippen LogP) is 3.53. The zero-order valence-corrected chi connectivity index (χ0v) is 12.6. The molecule has 1 unspecified atom stereocenters. The number of hydrogen-bond acceptors (Lipinski definition) is 3. The van der Waals surface area contributed by atoms with Gasteiger partial charge >= 0.3 is 6.18 Å². The van der Waals surface area contributed by atoms with Crippen molar-refractivity contribution in [3.05, 3.63) is 59.7 Å². The fraction of sp³-hybridized carbons (Fsp3) is 0.125. The predicted molar refractivity (Wildman–Crippen MR) is 81.8 cm³/mol. The van der Waals surface area contributed by atoms with Gasteiger partial charge in [-0.25, -0.2) is 4.21 Å². The van der Waals surface area contributed by atoms with Gasteiger partial charge in [0.25, 0.3) is 0 Å². The van der Waals surface area contributed by atoms with E-state index >= 15 is 0 Å². The second-order valence-corrected chi connectivity index (χ2v) is 6.32. The molecule has 1 aliphatic heterocycles. The van der Waals surface area contributed by atoms with Crippen LogP contribution in [0.1, 0.15) is 11.1 Å². The Kier molecular flexibility index (Phi) is 3.89. The molecule has 0 fully saturated rings. The number of alkyl halides is 3. The van der Waals surface area contributed by atoms with Crippen molar-refractivity contribution in [2.24, 2.45) is 5.73 Å². The number of fused-ring (bicyclic) bond motifs is 1. The second kappa shape index (κ2) is 5.73. The summed E-state index contributed by atoms with van der Waals surface area (Å²) in [5.41, 5.74) is 7.72. The van der Waals surface area contributed by atoms with E-state index in [0.717, 1.165) is 5.56 Å². The first-order valence-electron chi connectivity index (χ1n) is 6.68. The summed E-state index contributed by atoms with van der Waals surface area (Å²) in [6, 6.07) is 13.3. The minimum atomic E-state index is -4.43. The quantitative estimate of drug-likeness (QED) is 0.931. The zero-order valence-electron chi connectivity index (χ0n) is 11.8. The molecule has 3 nitrogen and oxygen atoms in total. The molecule has 3 rings (SSSR count). The van der Waals surface area contributed by atoms with Crippen molar-refractivity contribution in [2.75, 3.05) is 6.61 Å². The third-order valence-electron chi connectivity index (χ3n) is 3.31. The highest BCUT2D eigenvalue weighted by atomic mass is 32.2. The number of halogens is 3. The molecule has 0 amide bonds. The van der Waals surface area contributed by atoms with Crippen LogP contribution in [0.3, 0.4) is 0 Å². The fourth-order valence-corrected chi connectivity index (χ4v) is 3.80. The second-order valence-electron chi connectivity index (χ2n) is 4.94. The van der Waals surface area contributed by atoms with Crippen molar-refractivity contribution in [3.63, 3.8) is 0 Å². The van der Waals surface area contributed by atoms with Gasteiger partial charge in [0.1, 0.15) is 5.75 Å². The Labute approximate surface area is 133 Å². The average Bonchev–Trinajstić information content (AvgIpc) is 2.77. The van der Waals surface area contributed by atoms with Crippen LogP contribution in [0.25, 0.3) is 10.6 Å². The van der Waals surface area contributed by atoms with Gasteiger partial charge < -0.3 is 10.5 Å². The Balaban J connectivity index is 1.93. The van der Waals surface area contributed by atoms with Crippen LogP contribution in [-0.2, 0) is 10.8 Å². The lowest BCUT2D eigenvalue weighted by molar-refractivity contribution is -0.153. The summed E-state index contributed by atoms with van der Waals surface area (Å²) in [5, 5.41) is 0. The molecule has 7 heteroatoms. The molecule has 0 saturated heterocycles. The number of benzene rings is 2. The monoisotopic (exact) mass is 339 g/mol. The van der Waals surface area contributed by atoms with Crippen molar-refractivity contribution >= 4 is 21.4 Å². The van der Waals surface area contributed by atoms with E-state index in [4.69, 9.17) is 10.5 Å². The number of ether oxygens (including phenoxy) is 1. The molecule has 1 heterocycles. The Morgan fingerprint density at radius 3 is 2.43 bits per heavy atom. The molecule has 2 N–H and O–H groups in total. The first-order valence-corrected chi connectivity index (χ1v) is 7.83. The Morgan fingerprint density at radius 2 is 1.78 bits per heavy atom. The minimum Gasteiger partial charge on any atom is -0.484 e. The standard InChI is InChI=1S/C16H12F3NO2S/c17-16(18,19)9-22-11-6-7-12-13(8-11)23(21)15(14(12)20)10-4-2-1-3-5-10/h1-8H,9,20H2. The third kappa shape index (κ3) is 3.10. The van der Waals surface area contributed by atoms with E-state index in [-0.39, 0.29) is 5.75 Å². The smallest absolute Gasteiger partial charge is 0.422 e. The first kappa shape index (κ1) is 15.6. The molecule has 120 valence electrons. The molecule has 2 aromatic rings. The summed E-state index contributed by atoms with van der Waals surface area (Å²) < 4.78 is 54.0. The SMILES string of the molecule is NC1=C(c2ccccc2)S(=O)c2cc(OCC(F)(F)F)ccc21. The molecule has 1 aliphatic rings. The van der Waals surface area contributed by atoms with E-state index in [1.54, 1.807) is 24.3 Å². The van der Waals surface area contributed by atoms with E-state index in [1.165, 1.54) is 18.2 Å². The van der Waals surface area contributed by atoms with Crippen LogP contribution < -0.4 is 10.5 Å². The van der Waals surface area contributed by atoms with Gasteiger partial charge in [0.15, 0.2) is 6.61 Å². The van der Waals surface area contributed by atoms with E-state index in [1.807, 2.05) is 6.07 Å². The highest BCUT2D eigenvalue weighted by Gasteiger charge is 2.31. The average molecular weight is 339 g/mol. The van der Waals surface area contributed by atoms with Crippen LogP contribution in [0, 0.1) is 0 Å². The summed E-state index contributed by atoms with van der Waals surface area (Å²) in [6.07, 6.45) is -4.43. The zero-order chi connectivity index (χ0) is 16.6. The van der Waals surface area contributed by atoms with Crippen molar-refractivity contribution in [1.82, 2.24) is 0 Å². The van der Waals surface area contributed by atoms with Gasteiger partial charge in [-0.2, -0.15) is 13.2 Å². The van der Waals surface area contributed by atoms with E-state index in [9.17, 15) is 17.4 Å². The molecule has 0 spiro atoms. The van der Waals surface area contributed by atoms with Crippen LogP contribution in [0.4, 0.5) is 13.2 Å². The largest absolute Gasteiger partial charge is 0.484 e. The summed E-state index contributed by atoms with van der Waals surface area (Å²) in [6.45, 7) is -1.40. The lowest BCUT2D eigenvalue weighted by Crippen LogP contribution is -2.19. The minimum absolute atomic E-state index is 0.0107. The number of nitrogens with two attached hydrogens (primary N) is 1. The summed E-state index contributed by atoms with van der Waals surface area (Å²) in [4.78, 5) is 0.828. The Morgan fingerprint density at radius 1 is 1.09 bits per heavy atom. The molecule has 0 aliphatic carbocycles. The Bertz CT molecular complexity index is 801. The van der Waals surface area contributed by atoms with Gasteiger partial charge in [0.2, 0.25) is 0 Å². The van der Waals surface area contributed by atoms with E-state index in [2.05, 4.69) is 0 Å². The van der Waals surface area contributed by atoms with Gasteiger partial charge in [0, 0.05) is 5.56 Å². The third-order valence-corrected chi connectivity index (χ3v) is 4.88. The van der Waals surface area contributed by atoms with Crippen LogP contribution >= 0.6 is 0 Å². The highest BCUT2D eigenvalue weighted by Crippen LogP contribution is 2.40. The van der Waals surface area contributed by atoms with Gasteiger partial charge in [-0.1, -0.05) is 30.3 Å². The molecule has 0 radical (unpaired) electrons. The lowest BCUT2D eigenvalue weighted by Gasteiger charge is -2.10. The van der Waals surface area contributed by atoms with Crippen molar-refractivity contribution in [1.29, 1.82) is 0 Å². The van der Waals surface area contributed by atoms with Crippen molar-refractivity contribution in [2.45, 2.75) is 11.1 Å². The maximum absolute atomic E-state index is 12.7. The van der Waals surface area contributed by atoms with Gasteiger partial charge in [-0.3, -0.25) is 0 Å². The summed E-state index contributed by atoms with van der Waals surface area (Å²) >= 11 is 0. The molecule has 23 heavy (non-hydrogen) atoms. The normalized spacial score (nSPS) is 17.3. The van der Waals surface area contributed by atoms with Crippen molar-refractivity contribution < 1.29 is 22.1 Å². The van der Waals surface area contributed by atoms with Crippen molar-refractivity contribution in [3.8, 4) is 5.75 Å². The van der Waals surface area contributed by atoms with Gasteiger partial charge in [-0.05, 0) is 23.8 Å². The van der Waals surface area contributed by atoms with E-state index < -0.39 is 23.6 Å². The van der Waals surface area contributed by atoms with Crippen LogP contribution in [0.2, 0.25) is 0 Å². The lowest BCUT2D eigenvalue weighted by atomic mass is 10.1. The molecular weight excluding hydrogens is 327 g/mol. The molecule has 1 atom stereocenters. The summed E-state index contributed by atoms with van der Waals surface area (Å²) in [7, 11) is -1.56. The first-order chi connectivity index (χ1) is 10.9. The van der Waals surface area contributed by atoms with Crippen LogP contribution in [-0.4, -0.2) is 17.0 Å². The maximum Gasteiger partial charge on any atom is 0.422 e. The van der Waals surface area contributed by atoms with Gasteiger partial charge in [-0.15, -0.1) is 0 Å². The summed E-state index contributed by atoms with van der Waals surface area (Å²) in [5.74, 6) is 0.0107. The Hall–Kier alpha value is -2.28. The van der Waals surface area contributed by atoms with Crippen LogP contribution in [0.15, 0.2) is 53.4 Å². The molecular formula is C16H12F3NO2S. The van der Waals surface area contributed by atoms with Gasteiger partial charge in [0.05, 0.1) is 26.3 Å². The van der Waals surface area contributed by atoms with Crippen LogP contribution in [0.5, 0.6) is 5.75 Å². The number of hydrogen-bond donors (Lipinski definition) is 1. The molecule has 0 bridgehead atoms. The molecule has 0 aromatic heterocycles. The van der Waals surface area contributed by atoms with E-state index in [0.29, 0.717) is 21.1 Å². The maximum atomic E-state index is 12.7. The highest BCUT2D eigenvalue weighted by molar-refractivity contribution is 7.95. The molecule has 0 saturated carbocycles. The number of rotatable bonds is 3. The topological polar surface area (TPSA) is 52.3 Å².